The lowest BCUT2D eigenvalue weighted by Gasteiger charge is -2.33. The van der Waals surface area contributed by atoms with Crippen molar-refractivity contribution in [3.8, 4) is 11.5 Å². The second kappa shape index (κ2) is 9.67. The number of nitrogens with one attached hydrogen (secondary N) is 2. The van der Waals surface area contributed by atoms with E-state index in [9.17, 15) is 0 Å². The first-order chi connectivity index (χ1) is 12.8. The highest BCUT2D eigenvalue weighted by Gasteiger charge is 2.31. The molecule has 1 aliphatic heterocycles. The van der Waals surface area contributed by atoms with Crippen LogP contribution in [0.1, 0.15) is 32.1 Å². The van der Waals surface area contributed by atoms with Gasteiger partial charge in [-0.1, -0.05) is 6.07 Å². The summed E-state index contributed by atoms with van der Waals surface area (Å²) < 4.78 is 11.0. The fraction of sp³-hybridized carbons (Fsp3) is 0.650. The minimum absolute atomic E-state index is 0.532. The lowest BCUT2D eigenvalue weighted by Crippen LogP contribution is -2.49. The molecule has 0 radical (unpaired) electrons. The van der Waals surface area contributed by atoms with E-state index in [0.717, 1.165) is 36.5 Å². The number of benzene rings is 1. The molecule has 1 aliphatic carbocycles. The van der Waals surface area contributed by atoms with Crippen LogP contribution in [-0.2, 0) is 0 Å². The molecule has 6 nitrogen and oxygen atoms in total. The van der Waals surface area contributed by atoms with Gasteiger partial charge in [0.25, 0.3) is 0 Å². The normalized spacial score (nSPS) is 19.2. The van der Waals surface area contributed by atoms with E-state index >= 15 is 0 Å². The molecule has 0 unspecified atom stereocenters. The predicted octanol–water partition coefficient (Wildman–Crippen LogP) is 2.26. The Morgan fingerprint density at radius 1 is 1.19 bits per heavy atom. The van der Waals surface area contributed by atoms with E-state index < -0.39 is 0 Å². The molecule has 3 rings (SSSR count). The number of piperidine rings is 1. The van der Waals surface area contributed by atoms with Crippen LogP contribution in [0.25, 0.3) is 0 Å². The highest BCUT2D eigenvalue weighted by Crippen LogP contribution is 2.29. The van der Waals surface area contributed by atoms with Crippen molar-refractivity contribution < 1.29 is 9.47 Å². The second-order valence-electron chi connectivity index (χ2n) is 7.07. The first-order valence-electron chi connectivity index (χ1n) is 9.76. The summed E-state index contributed by atoms with van der Waals surface area (Å²) in [5.74, 6) is 2.56. The fourth-order valence-electron chi connectivity index (χ4n) is 3.40. The summed E-state index contributed by atoms with van der Waals surface area (Å²) in [6.45, 7) is 3.93. The van der Waals surface area contributed by atoms with Gasteiger partial charge >= 0.3 is 0 Å². The summed E-state index contributed by atoms with van der Waals surface area (Å²) in [5.41, 5.74) is 0. The summed E-state index contributed by atoms with van der Waals surface area (Å²) in [6, 6.07) is 9.13. The number of hydrogen-bond donors (Lipinski definition) is 2. The van der Waals surface area contributed by atoms with Gasteiger partial charge in [0.05, 0.1) is 13.7 Å². The molecular formula is C20H32N4O2. The van der Waals surface area contributed by atoms with Crippen LogP contribution < -0.4 is 20.1 Å². The Balaban J connectivity index is 1.29. The van der Waals surface area contributed by atoms with Gasteiger partial charge in [0.1, 0.15) is 11.5 Å². The van der Waals surface area contributed by atoms with Crippen molar-refractivity contribution in [1.82, 2.24) is 15.5 Å². The highest BCUT2D eigenvalue weighted by molar-refractivity contribution is 5.79. The SMILES string of the molecule is CN=C(NCCCOc1cccc(OC)c1)NC1CCN(C2CC2)CC1. The minimum atomic E-state index is 0.532. The average Bonchev–Trinajstić information content (AvgIpc) is 3.53. The lowest BCUT2D eigenvalue weighted by molar-refractivity contribution is 0.197. The Labute approximate surface area is 157 Å². The van der Waals surface area contributed by atoms with Crippen molar-refractivity contribution in [3.05, 3.63) is 24.3 Å². The van der Waals surface area contributed by atoms with Crippen molar-refractivity contribution >= 4 is 5.96 Å². The van der Waals surface area contributed by atoms with Gasteiger partial charge in [0.2, 0.25) is 0 Å². The predicted molar refractivity (Wildman–Crippen MR) is 105 cm³/mol. The summed E-state index contributed by atoms with van der Waals surface area (Å²) in [4.78, 5) is 6.99. The van der Waals surface area contributed by atoms with Crippen LogP contribution in [0, 0.1) is 0 Å². The molecular weight excluding hydrogens is 328 g/mol. The zero-order valence-corrected chi connectivity index (χ0v) is 16.0. The van der Waals surface area contributed by atoms with Crippen LogP contribution in [0.15, 0.2) is 29.3 Å². The van der Waals surface area contributed by atoms with Gasteiger partial charge in [-0.3, -0.25) is 4.99 Å². The molecule has 1 saturated heterocycles. The zero-order chi connectivity index (χ0) is 18.2. The maximum Gasteiger partial charge on any atom is 0.191 e. The monoisotopic (exact) mass is 360 g/mol. The van der Waals surface area contributed by atoms with E-state index in [1.807, 2.05) is 31.3 Å². The van der Waals surface area contributed by atoms with Crippen molar-refractivity contribution in [2.75, 3.05) is 40.4 Å². The largest absolute Gasteiger partial charge is 0.497 e. The van der Waals surface area contributed by atoms with Gasteiger partial charge in [0, 0.05) is 44.8 Å². The lowest BCUT2D eigenvalue weighted by atomic mass is 10.1. The fourth-order valence-corrected chi connectivity index (χ4v) is 3.40. The van der Waals surface area contributed by atoms with Crippen LogP contribution in [0.3, 0.4) is 0 Å². The van der Waals surface area contributed by atoms with E-state index in [1.165, 1.54) is 38.8 Å². The molecule has 2 N–H and O–H groups in total. The zero-order valence-electron chi connectivity index (χ0n) is 16.0. The van der Waals surface area contributed by atoms with Crippen molar-refractivity contribution in [2.24, 2.45) is 4.99 Å². The standard InChI is InChI=1S/C20H32N4O2/c1-21-20(23-16-9-12-24(13-10-16)17-7-8-17)22-11-4-14-26-19-6-3-5-18(15-19)25-2/h3,5-6,15-17H,4,7-14H2,1-2H3,(H2,21,22,23). The van der Waals surface area contributed by atoms with Crippen molar-refractivity contribution in [1.29, 1.82) is 0 Å². The Bertz CT molecular complexity index is 581. The van der Waals surface area contributed by atoms with E-state index in [4.69, 9.17) is 9.47 Å². The molecule has 0 aromatic heterocycles. The van der Waals surface area contributed by atoms with Crippen LogP contribution >= 0.6 is 0 Å². The number of nitrogens with zero attached hydrogens (tertiary/aromatic N) is 2. The molecule has 6 heteroatoms. The third-order valence-corrected chi connectivity index (χ3v) is 5.08. The molecule has 0 amide bonds. The number of ether oxygens (including phenoxy) is 2. The van der Waals surface area contributed by atoms with Crippen LogP contribution in [0.5, 0.6) is 11.5 Å². The van der Waals surface area contributed by atoms with Gasteiger partial charge in [-0.05, 0) is 44.2 Å². The van der Waals surface area contributed by atoms with Gasteiger partial charge in [-0.2, -0.15) is 0 Å². The molecule has 26 heavy (non-hydrogen) atoms. The second-order valence-corrected chi connectivity index (χ2v) is 7.07. The molecule has 2 aliphatic rings. The Kier molecular flexibility index (Phi) is 7.00. The number of aliphatic imine (C=N–C) groups is 1. The molecule has 1 saturated carbocycles. The summed E-state index contributed by atoms with van der Waals surface area (Å²) in [6.07, 6.45) is 6.13. The molecule has 144 valence electrons. The third-order valence-electron chi connectivity index (χ3n) is 5.08. The van der Waals surface area contributed by atoms with Crippen LogP contribution in [0.4, 0.5) is 0 Å². The number of likely N-dealkylation sites (tertiary alicyclic amines) is 1. The quantitative estimate of drug-likeness (QED) is 0.423. The molecule has 1 aromatic carbocycles. The van der Waals surface area contributed by atoms with Crippen molar-refractivity contribution in [2.45, 2.75) is 44.2 Å². The van der Waals surface area contributed by atoms with E-state index in [2.05, 4.69) is 20.5 Å². The first-order valence-corrected chi connectivity index (χ1v) is 9.76. The van der Waals surface area contributed by atoms with Crippen LogP contribution in [0.2, 0.25) is 0 Å². The topological polar surface area (TPSA) is 58.1 Å². The molecule has 0 bridgehead atoms. The number of hydrogen-bond acceptors (Lipinski definition) is 4. The Morgan fingerprint density at radius 2 is 1.96 bits per heavy atom. The number of rotatable bonds is 8. The van der Waals surface area contributed by atoms with E-state index in [1.54, 1.807) is 7.11 Å². The van der Waals surface area contributed by atoms with Gasteiger partial charge in [-0.25, -0.2) is 0 Å². The molecule has 1 heterocycles. The van der Waals surface area contributed by atoms with Gasteiger partial charge < -0.3 is 25.0 Å². The molecule has 1 aromatic rings. The maximum absolute atomic E-state index is 5.77. The smallest absolute Gasteiger partial charge is 0.191 e. The summed E-state index contributed by atoms with van der Waals surface area (Å²) >= 11 is 0. The van der Waals surface area contributed by atoms with Gasteiger partial charge in [0.15, 0.2) is 5.96 Å². The van der Waals surface area contributed by atoms with Gasteiger partial charge in [-0.15, -0.1) is 0 Å². The van der Waals surface area contributed by atoms with Crippen molar-refractivity contribution in [3.63, 3.8) is 0 Å². The summed E-state index contributed by atoms with van der Waals surface area (Å²) in [7, 11) is 3.50. The molecule has 0 spiro atoms. The van der Waals surface area contributed by atoms with E-state index in [0.29, 0.717) is 12.6 Å². The van der Waals surface area contributed by atoms with E-state index in [-0.39, 0.29) is 0 Å². The third kappa shape index (κ3) is 5.80. The first kappa shape index (κ1) is 18.8. The summed E-state index contributed by atoms with van der Waals surface area (Å²) in [5, 5.41) is 6.96. The molecule has 2 fully saturated rings. The Hall–Kier alpha value is -1.95. The average molecular weight is 361 g/mol. The maximum atomic E-state index is 5.77. The highest BCUT2D eigenvalue weighted by atomic mass is 16.5. The molecule has 0 atom stereocenters. The number of methoxy groups -OCH3 is 1. The van der Waals surface area contributed by atoms with Crippen LogP contribution in [-0.4, -0.2) is 63.3 Å². The number of guanidine groups is 1. The minimum Gasteiger partial charge on any atom is -0.497 e. The Morgan fingerprint density at radius 3 is 2.65 bits per heavy atom.